The van der Waals surface area contributed by atoms with Gasteiger partial charge < -0.3 is 19.3 Å². The van der Waals surface area contributed by atoms with Crippen LogP contribution in [0.5, 0.6) is 11.9 Å². The number of carbonyl (C=O) groups excluding carboxylic acids is 1. The lowest BCUT2D eigenvalue weighted by molar-refractivity contribution is 0.0737. The van der Waals surface area contributed by atoms with Crippen LogP contribution in [0.1, 0.15) is 22.6 Å². The average molecular weight is 358 g/mol. The molecule has 26 heavy (non-hydrogen) atoms. The number of methoxy groups -OCH3 is 2. The van der Waals surface area contributed by atoms with Gasteiger partial charge >= 0.3 is 6.01 Å². The first-order valence-electron chi connectivity index (χ1n) is 8.30. The molecule has 0 aliphatic carbocycles. The van der Waals surface area contributed by atoms with Crippen molar-refractivity contribution >= 4 is 11.9 Å². The SMILES string of the molecule is COc1cc(C)nc(N2CCC(N(C)C(=O)c3ccnc(OC)n3)C2)n1. The summed E-state index contributed by atoms with van der Waals surface area (Å²) in [7, 11) is 4.84. The number of nitrogens with zero attached hydrogens (tertiary/aromatic N) is 6. The van der Waals surface area contributed by atoms with Crippen LogP contribution in [-0.4, -0.2) is 71.1 Å². The first-order chi connectivity index (χ1) is 12.5. The van der Waals surface area contributed by atoms with E-state index in [1.165, 1.54) is 13.3 Å². The lowest BCUT2D eigenvalue weighted by atomic mass is 10.2. The zero-order valence-corrected chi connectivity index (χ0v) is 15.3. The predicted octanol–water partition coefficient (Wildman–Crippen LogP) is 0.943. The van der Waals surface area contributed by atoms with Crippen LogP contribution >= 0.6 is 0 Å². The summed E-state index contributed by atoms with van der Waals surface area (Å²) in [6, 6.07) is 3.59. The number of carbonyl (C=O) groups is 1. The van der Waals surface area contributed by atoms with Crippen LogP contribution in [0.3, 0.4) is 0 Å². The number of anilines is 1. The fraction of sp³-hybridized carbons (Fsp3) is 0.471. The molecular weight excluding hydrogens is 336 g/mol. The third kappa shape index (κ3) is 3.66. The molecule has 1 saturated heterocycles. The standard InChI is InChI=1S/C17H22N6O3/c1-11-9-14(25-3)21-16(19-11)23-8-6-12(10-23)22(2)15(24)13-5-7-18-17(20-13)26-4/h5,7,9,12H,6,8,10H2,1-4H3. The molecule has 1 atom stereocenters. The summed E-state index contributed by atoms with van der Waals surface area (Å²) in [5.41, 5.74) is 1.15. The van der Waals surface area contributed by atoms with Crippen LogP contribution in [0, 0.1) is 6.92 Å². The average Bonchev–Trinajstić information content (AvgIpc) is 3.16. The highest BCUT2D eigenvalue weighted by Crippen LogP contribution is 2.22. The van der Waals surface area contributed by atoms with Crippen molar-refractivity contribution < 1.29 is 14.3 Å². The van der Waals surface area contributed by atoms with E-state index in [1.807, 2.05) is 6.92 Å². The van der Waals surface area contributed by atoms with Gasteiger partial charge in [0, 0.05) is 38.1 Å². The maximum Gasteiger partial charge on any atom is 0.316 e. The molecular formula is C17H22N6O3. The van der Waals surface area contributed by atoms with Gasteiger partial charge in [0.2, 0.25) is 11.8 Å². The molecule has 0 saturated carbocycles. The summed E-state index contributed by atoms with van der Waals surface area (Å²) in [6.07, 6.45) is 2.34. The van der Waals surface area contributed by atoms with Gasteiger partial charge in [-0.15, -0.1) is 0 Å². The van der Waals surface area contributed by atoms with Gasteiger partial charge in [0.1, 0.15) is 5.69 Å². The van der Waals surface area contributed by atoms with Gasteiger partial charge in [-0.25, -0.2) is 9.97 Å². The Bertz CT molecular complexity index is 800. The molecule has 0 spiro atoms. The Balaban J connectivity index is 1.71. The second-order valence-electron chi connectivity index (χ2n) is 6.08. The summed E-state index contributed by atoms with van der Waals surface area (Å²) >= 11 is 0. The van der Waals surface area contributed by atoms with Crippen LogP contribution in [0.25, 0.3) is 0 Å². The topological polar surface area (TPSA) is 93.6 Å². The predicted molar refractivity (Wildman–Crippen MR) is 94.6 cm³/mol. The number of rotatable bonds is 5. The van der Waals surface area contributed by atoms with Gasteiger partial charge in [0.25, 0.3) is 5.91 Å². The van der Waals surface area contributed by atoms with Gasteiger partial charge in [-0.1, -0.05) is 0 Å². The Labute approximate surface area is 152 Å². The second kappa shape index (κ2) is 7.51. The summed E-state index contributed by atoms with van der Waals surface area (Å²) in [5.74, 6) is 0.989. The third-order valence-corrected chi connectivity index (χ3v) is 4.38. The summed E-state index contributed by atoms with van der Waals surface area (Å²) < 4.78 is 10.2. The molecule has 1 unspecified atom stereocenters. The highest BCUT2D eigenvalue weighted by molar-refractivity contribution is 5.92. The van der Waals surface area contributed by atoms with Gasteiger partial charge in [-0.3, -0.25) is 4.79 Å². The molecule has 0 bridgehead atoms. The van der Waals surface area contributed by atoms with Crippen LogP contribution in [0.4, 0.5) is 5.95 Å². The Morgan fingerprint density at radius 3 is 2.81 bits per heavy atom. The first-order valence-corrected chi connectivity index (χ1v) is 8.30. The molecule has 1 fully saturated rings. The third-order valence-electron chi connectivity index (χ3n) is 4.38. The lowest BCUT2D eigenvalue weighted by Crippen LogP contribution is -2.39. The summed E-state index contributed by atoms with van der Waals surface area (Å²) in [5, 5.41) is 0. The highest BCUT2D eigenvalue weighted by atomic mass is 16.5. The molecule has 2 aromatic rings. The number of hydrogen-bond acceptors (Lipinski definition) is 8. The van der Waals surface area contributed by atoms with Crippen molar-refractivity contribution in [3.8, 4) is 11.9 Å². The quantitative estimate of drug-likeness (QED) is 0.780. The van der Waals surface area contributed by atoms with E-state index in [0.717, 1.165) is 18.7 Å². The van der Waals surface area contributed by atoms with Crippen LogP contribution in [-0.2, 0) is 0 Å². The van der Waals surface area contributed by atoms with Gasteiger partial charge in [0.05, 0.1) is 20.3 Å². The minimum atomic E-state index is -0.166. The van der Waals surface area contributed by atoms with E-state index < -0.39 is 0 Å². The Morgan fingerprint density at radius 2 is 2.08 bits per heavy atom. The van der Waals surface area contributed by atoms with Gasteiger partial charge in [-0.05, 0) is 19.4 Å². The molecule has 3 heterocycles. The van der Waals surface area contributed by atoms with Gasteiger partial charge in [-0.2, -0.15) is 9.97 Å². The van der Waals surface area contributed by atoms with E-state index >= 15 is 0 Å². The molecule has 0 aromatic carbocycles. The van der Waals surface area contributed by atoms with Crippen molar-refractivity contribution in [1.82, 2.24) is 24.8 Å². The van der Waals surface area contributed by atoms with E-state index in [4.69, 9.17) is 9.47 Å². The fourth-order valence-corrected chi connectivity index (χ4v) is 2.91. The molecule has 9 heteroatoms. The Hall–Kier alpha value is -2.97. The van der Waals surface area contributed by atoms with E-state index in [-0.39, 0.29) is 18.0 Å². The lowest BCUT2D eigenvalue weighted by Gasteiger charge is -2.24. The van der Waals surface area contributed by atoms with E-state index in [0.29, 0.717) is 24.1 Å². The van der Waals surface area contributed by atoms with Crippen molar-refractivity contribution in [2.75, 3.05) is 39.3 Å². The van der Waals surface area contributed by atoms with E-state index in [2.05, 4.69) is 24.8 Å². The molecule has 138 valence electrons. The smallest absolute Gasteiger partial charge is 0.316 e. The summed E-state index contributed by atoms with van der Waals surface area (Å²) in [6.45, 7) is 3.32. The molecule has 1 aliphatic rings. The van der Waals surface area contributed by atoms with Crippen LogP contribution in [0.2, 0.25) is 0 Å². The van der Waals surface area contributed by atoms with E-state index in [9.17, 15) is 4.79 Å². The monoisotopic (exact) mass is 358 g/mol. The highest BCUT2D eigenvalue weighted by Gasteiger charge is 2.31. The Morgan fingerprint density at radius 1 is 1.27 bits per heavy atom. The largest absolute Gasteiger partial charge is 0.481 e. The second-order valence-corrected chi connectivity index (χ2v) is 6.08. The fourth-order valence-electron chi connectivity index (χ4n) is 2.91. The minimum Gasteiger partial charge on any atom is -0.481 e. The zero-order chi connectivity index (χ0) is 18.7. The van der Waals surface area contributed by atoms with Crippen LogP contribution < -0.4 is 14.4 Å². The molecule has 2 aromatic heterocycles. The van der Waals surface area contributed by atoms with Crippen molar-refractivity contribution in [2.45, 2.75) is 19.4 Å². The molecule has 1 aliphatic heterocycles. The van der Waals surface area contributed by atoms with E-state index in [1.54, 1.807) is 31.2 Å². The van der Waals surface area contributed by atoms with Gasteiger partial charge in [0.15, 0.2) is 0 Å². The maximum absolute atomic E-state index is 12.7. The zero-order valence-electron chi connectivity index (χ0n) is 15.3. The number of aryl methyl sites for hydroxylation is 1. The summed E-state index contributed by atoms with van der Waals surface area (Å²) in [4.78, 5) is 33.4. The maximum atomic E-state index is 12.7. The molecule has 1 amide bonds. The minimum absolute atomic E-state index is 0.0403. The van der Waals surface area contributed by atoms with Crippen LogP contribution in [0.15, 0.2) is 18.3 Å². The molecule has 0 N–H and O–H groups in total. The first kappa shape index (κ1) is 17.8. The number of amides is 1. The normalized spacial score (nSPS) is 16.5. The van der Waals surface area contributed by atoms with Crippen molar-refractivity contribution in [2.24, 2.45) is 0 Å². The number of hydrogen-bond donors (Lipinski definition) is 0. The molecule has 3 rings (SSSR count). The van der Waals surface area contributed by atoms with Crippen molar-refractivity contribution in [3.63, 3.8) is 0 Å². The molecule has 0 radical (unpaired) electrons. The Kier molecular flexibility index (Phi) is 5.15. The number of likely N-dealkylation sites (N-methyl/N-ethyl adjacent to an activating group) is 1. The number of aromatic nitrogens is 4. The molecule has 9 nitrogen and oxygen atoms in total. The van der Waals surface area contributed by atoms with Crippen molar-refractivity contribution in [1.29, 1.82) is 0 Å². The number of ether oxygens (including phenoxy) is 2. The van der Waals surface area contributed by atoms with Crippen molar-refractivity contribution in [3.05, 3.63) is 29.7 Å².